The Hall–Kier alpha value is -2.77. The van der Waals surface area contributed by atoms with Crippen LogP contribution in [0, 0.1) is 0 Å². The molecule has 1 N–H and O–H groups in total. The lowest BCUT2D eigenvalue weighted by atomic mass is 10.1. The number of hydrogen-bond acceptors (Lipinski definition) is 5. The van der Waals surface area contributed by atoms with Gasteiger partial charge in [-0.2, -0.15) is 0 Å². The first-order valence-corrected chi connectivity index (χ1v) is 10.5. The third-order valence-electron chi connectivity index (χ3n) is 4.08. The maximum absolute atomic E-state index is 12.0. The topological polar surface area (TPSA) is 69.7 Å². The predicted octanol–water partition coefficient (Wildman–Crippen LogP) is 6.67. The summed E-state index contributed by atoms with van der Waals surface area (Å²) in [7, 11) is 0. The average Bonchev–Trinajstić information content (AvgIpc) is 3.22. The number of benzene rings is 2. The largest absolute Gasteiger partial charge is 0.454 e. The minimum absolute atomic E-state index is 0.0771. The Labute approximate surface area is 188 Å². The monoisotopic (exact) mass is 490 g/mol. The summed E-state index contributed by atoms with van der Waals surface area (Å²) >= 11 is 9.58. The fraction of sp³-hybridized carbons (Fsp3) is 0.182. The smallest absolute Gasteiger partial charge is 0.413 e. The molecule has 4 rings (SSSR count). The van der Waals surface area contributed by atoms with Gasteiger partial charge in [0, 0.05) is 32.4 Å². The fourth-order valence-electron chi connectivity index (χ4n) is 2.66. The Morgan fingerprint density at radius 3 is 2.60 bits per heavy atom. The van der Waals surface area contributed by atoms with E-state index in [0.717, 1.165) is 21.2 Å². The summed E-state index contributed by atoms with van der Waals surface area (Å²) in [6.45, 7) is 4.29. The summed E-state index contributed by atoms with van der Waals surface area (Å²) in [5.74, 6) is 1.76. The van der Waals surface area contributed by atoms with Crippen molar-refractivity contribution in [3.8, 4) is 22.6 Å². The molecule has 0 bridgehead atoms. The molecule has 2 heterocycles. The van der Waals surface area contributed by atoms with Gasteiger partial charge in [0.25, 0.3) is 0 Å². The number of aromatic nitrogens is 1. The van der Waals surface area contributed by atoms with Gasteiger partial charge in [0.2, 0.25) is 6.79 Å². The second-order valence-corrected chi connectivity index (χ2v) is 7.17. The normalized spacial score (nSPS) is 11.3. The summed E-state index contributed by atoms with van der Waals surface area (Å²) in [4.78, 5) is 16.3. The van der Waals surface area contributed by atoms with Crippen LogP contribution in [0.2, 0.25) is 5.02 Å². The Kier molecular flexibility index (Phi) is 7.54. The summed E-state index contributed by atoms with van der Waals surface area (Å²) in [5.41, 5.74) is 2.50. The van der Waals surface area contributed by atoms with Crippen LogP contribution in [0.25, 0.3) is 11.1 Å². The third-order valence-corrected chi connectivity index (χ3v) is 5.11. The van der Waals surface area contributed by atoms with Gasteiger partial charge in [-0.15, -0.1) is 0 Å². The van der Waals surface area contributed by atoms with Gasteiger partial charge >= 0.3 is 6.09 Å². The van der Waals surface area contributed by atoms with E-state index in [4.69, 9.17) is 25.8 Å². The van der Waals surface area contributed by atoms with E-state index in [9.17, 15) is 4.79 Å². The van der Waals surface area contributed by atoms with Gasteiger partial charge in [-0.3, -0.25) is 5.32 Å². The molecule has 0 atom stereocenters. The quantitative estimate of drug-likeness (QED) is 0.441. The van der Waals surface area contributed by atoms with Crippen molar-refractivity contribution in [2.75, 3.05) is 12.1 Å². The molecule has 1 aromatic heterocycles. The van der Waals surface area contributed by atoms with E-state index in [1.165, 1.54) is 0 Å². The highest BCUT2D eigenvalue weighted by molar-refractivity contribution is 9.10. The highest BCUT2D eigenvalue weighted by atomic mass is 79.9. The number of fused-ring (bicyclic) bond motifs is 1. The number of anilines is 1. The lowest BCUT2D eigenvalue weighted by Crippen LogP contribution is -2.14. The highest BCUT2D eigenvalue weighted by Gasteiger charge is 2.17. The molecule has 0 radical (unpaired) electrons. The molecule has 0 spiro atoms. The number of pyridine rings is 1. The zero-order chi connectivity index (χ0) is 21.5. The Morgan fingerprint density at radius 1 is 1.17 bits per heavy atom. The number of rotatable bonds is 4. The van der Waals surface area contributed by atoms with E-state index in [1.54, 1.807) is 24.4 Å². The van der Waals surface area contributed by atoms with Crippen molar-refractivity contribution in [2.45, 2.75) is 20.5 Å². The van der Waals surface area contributed by atoms with Crippen LogP contribution in [0.5, 0.6) is 11.5 Å². The van der Waals surface area contributed by atoms with Gasteiger partial charge in [-0.25, -0.2) is 9.78 Å². The minimum Gasteiger partial charge on any atom is -0.454 e. The van der Waals surface area contributed by atoms with Crippen molar-refractivity contribution in [1.29, 1.82) is 0 Å². The number of halogens is 2. The predicted molar refractivity (Wildman–Crippen MR) is 120 cm³/mol. The second-order valence-electron chi connectivity index (χ2n) is 5.91. The van der Waals surface area contributed by atoms with E-state index >= 15 is 0 Å². The molecule has 156 valence electrons. The van der Waals surface area contributed by atoms with Gasteiger partial charge in [0.15, 0.2) is 11.5 Å². The van der Waals surface area contributed by atoms with E-state index in [-0.39, 0.29) is 13.4 Å². The van der Waals surface area contributed by atoms with E-state index in [2.05, 4.69) is 26.2 Å². The summed E-state index contributed by atoms with van der Waals surface area (Å²) in [5, 5.41) is 3.14. The lowest BCUT2D eigenvalue weighted by Gasteiger charge is -2.09. The number of hydrogen-bond donors (Lipinski definition) is 1. The molecule has 0 saturated carbocycles. The molecule has 0 saturated heterocycles. The molecule has 3 aromatic rings. The molecule has 0 aliphatic carbocycles. The van der Waals surface area contributed by atoms with Crippen LogP contribution in [-0.2, 0) is 11.3 Å². The molecule has 2 aromatic carbocycles. The van der Waals surface area contributed by atoms with Gasteiger partial charge in [-0.1, -0.05) is 59.6 Å². The molecule has 0 fully saturated rings. The fourth-order valence-corrected chi connectivity index (χ4v) is 3.41. The number of nitrogens with zero attached hydrogens (tertiary/aromatic N) is 1. The van der Waals surface area contributed by atoms with Crippen LogP contribution in [0.3, 0.4) is 0 Å². The maximum Gasteiger partial charge on any atom is 0.413 e. The first-order valence-electron chi connectivity index (χ1n) is 9.33. The first kappa shape index (κ1) is 21.9. The Bertz CT molecular complexity index is 1030. The molecular formula is C22H20BrClN2O4. The SMILES string of the molecule is CC.O=C(Nc1ccc(-c2cc3c(cc2Br)OCO3)cn1)OCc1ccccc1Cl. The zero-order valence-corrected chi connectivity index (χ0v) is 18.8. The summed E-state index contributed by atoms with van der Waals surface area (Å²) in [6, 6.07) is 14.5. The van der Waals surface area contributed by atoms with Crippen LogP contribution < -0.4 is 14.8 Å². The van der Waals surface area contributed by atoms with E-state index in [1.807, 2.05) is 44.2 Å². The van der Waals surface area contributed by atoms with Crippen molar-refractivity contribution < 1.29 is 19.0 Å². The Balaban J connectivity index is 0.00000124. The number of nitrogens with one attached hydrogen (secondary N) is 1. The van der Waals surface area contributed by atoms with Gasteiger partial charge < -0.3 is 14.2 Å². The molecule has 30 heavy (non-hydrogen) atoms. The summed E-state index contributed by atoms with van der Waals surface area (Å²) in [6.07, 6.45) is 1.05. The number of carbonyl (C=O) groups is 1. The molecule has 0 unspecified atom stereocenters. The number of carbonyl (C=O) groups excluding carboxylic acids is 1. The van der Waals surface area contributed by atoms with Crippen molar-refractivity contribution in [3.05, 3.63) is 69.8 Å². The molecule has 1 amide bonds. The van der Waals surface area contributed by atoms with Crippen molar-refractivity contribution in [3.63, 3.8) is 0 Å². The van der Waals surface area contributed by atoms with Crippen molar-refractivity contribution in [2.24, 2.45) is 0 Å². The molecule has 6 nitrogen and oxygen atoms in total. The lowest BCUT2D eigenvalue weighted by molar-refractivity contribution is 0.155. The van der Waals surface area contributed by atoms with Crippen LogP contribution in [-0.4, -0.2) is 17.9 Å². The second kappa shape index (κ2) is 10.3. The van der Waals surface area contributed by atoms with Gasteiger partial charge in [-0.05, 0) is 30.3 Å². The highest BCUT2D eigenvalue weighted by Crippen LogP contribution is 2.40. The molecular weight excluding hydrogens is 472 g/mol. The zero-order valence-electron chi connectivity index (χ0n) is 16.4. The van der Waals surface area contributed by atoms with E-state index < -0.39 is 6.09 Å². The van der Waals surface area contributed by atoms with Crippen LogP contribution in [0.1, 0.15) is 19.4 Å². The molecule has 1 aliphatic rings. The van der Waals surface area contributed by atoms with Gasteiger partial charge in [0.1, 0.15) is 12.4 Å². The van der Waals surface area contributed by atoms with Crippen LogP contribution in [0.15, 0.2) is 59.2 Å². The summed E-state index contributed by atoms with van der Waals surface area (Å²) < 4.78 is 16.8. The first-order chi connectivity index (χ1) is 14.6. The van der Waals surface area contributed by atoms with Crippen molar-refractivity contribution in [1.82, 2.24) is 4.98 Å². The van der Waals surface area contributed by atoms with Crippen molar-refractivity contribution >= 4 is 39.4 Å². The minimum atomic E-state index is -0.607. The van der Waals surface area contributed by atoms with Gasteiger partial charge in [0.05, 0.1) is 0 Å². The Morgan fingerprint density at radius 2 is 1.90 bits per heavy atom. The standard InChI is InChI=1S/C20H14BrClN2O4.C2H6/c21-15-8-18-17(27-11-28-18)7-14(15)12-5-6-19(23-9-12)24-20(25)26-10-13-3-1-2-4-16(13)22;1-2/h1-9H,10-11H2,(H,23,24,25);1-2H3. The average molecular weight is 492 g/mol. The number of amides is 1. The molecule has 1 aliphatic heterocycles. The van der Waals surface area contributed by atoms with E-state index in [0.29, 0.717) is 22.3 Å². The maximum atomic E-state index is 12.0. The molecule has 8 heteroatoms. The van der Waals surface area contributed by atoms with Crippen LogP contribution >= 0.6 is 27.5 Å². The number of ether oxygens (including phenoxy) is 3. The third kappa shape index (κ3) is 5.23. The van der Waals surface area contributed by atoms with Crippen LogP contribution in [0.4, 0.5) is 10.6 Å².